The van der Waals surface area contributed by atoms with Crippen molar-refractivity contribution >= 4 is 39.6 Å². The first-order chi connectivity index (χ1) is 20.6. The number of aromatic nitrogens is 3. The van der Waals surface area contributed by atoms with Crippen molar-refractivity contribution in [3.63, 3.8) is 0 Å². The topological polar surface area (TPSA) is 84.7 Å². The Morgan fingerprint density at radius 3 is 2.43 bits per heavy atom. The molecule has 42 heavy (non-hydrogen) atoms. The van der Waals surface area contributed by atoms with E-state index in [1.54, 1.807) is 21.1 Å². The van der Waals surface area contributed by atoms with E-state index >= 15 is 0 Å². The van der Waals surface area contributed by atoms with Crippen molar-refractivity contribution in [3.05, 3.63) is 102 Å². The molecule has 0 aliphatic heterocycles. The smallest absolute Gasteiger partial charge is 0.355 e. The van der Waals surface area contributed by atoms with Gasteiger partial charge in [0.1, 0.15) is 29.1 Å². The number of carbonyl (C=O) groups excluding carboxylic acids is 1. The monoisotopic (exact) mass is 579 g/mol. The van der Waals surface area contributed by atoms with Crippen molar-refractivity contribution in [2.45, 2.75) is 20.1 Å². The molecule has 2 aromatic heterocycles. The molecule has 0 saturated carbocycles. The summed E-state index contributed by atoms with van der Waals surface area (Å²) < 4.78 is 33.6. The van der Waals surface area contributed by atoms with Gasteiger partial charge in [-0.15, -0.1) is 0 Å². The molecule has 8 nitrogen and oxygen atoms in total. The quantitative estimate of drug-likeness (QED) is 0.160. The lowest BCUT2D eigenvalue weighted by Crippen LogP contribution is -2.14. The van der Waals surface area contributed by atoms with E-state index in [1.807, 2.05) is 89.5 Å². The number of esters is 1. The van der Waals surface area contributed by atoms with Gasteiger partial charge in [-0.3, -0.25) is 0 Å². The summed E-state index contributed by atoms with van der Waals surface area (Å²) >= 11 is 1.18. The largest absolute Gasteiger partial charge is 0.493 e. The fraction of sp³-hybridized carbons (Fsp3) is 0.182. The number of fused-ring (bicyclic) bond motifs is 2. The molecule has 0 aliphatic rings. The third kappa shape index (κ3) is 5.26. The molecule has 0 N–H and O–H groups in total. The minimum Gasteiger partial charge on any atom is -0.493 e. The second kappa shape index (κ2) is 11.9. The van der Waals surface area contributed by atoms with Gasteiger partial charge in [0.25, 0.3) is 0 Å². The first-order valence-electron chi connectivity index (χ1n) is 13.5. The molecule has 0 amide bonds. The summed E-state index contributed by atoms with van der Waals surface area (Å²) in [6.45, 7) is 2.88. The molecule has 0 spiro atoms. The first-order valence-corrected chi connectivity index (χ1v) is 14.3. The van der Waals surface area contributed by atoms with E-state index in [0.717, 1.165) is 44.2 Å². The Morgan fingerprint density at radius 2 is 1.64 bits per heavy atom. The van der Waals surface area contributed by atoms with Crippen molar-refractivity contribution < 1.29 is 23.7 Å². The predicted molar refractivity (Wildman–Crippen MR) is 164 cm³/mol. The Kier molecular flexibility index (Phi) is 7.74. The summed E-state index contributed by atoms with van der Waals surface area (Å²) in [7, 11) is 3.19. The molecule has 0 fully saturated rings. The summed E-state index contributed by atoms with van der Waals surface area (Å²) in [4.78, 5) is 13.7. The van der Waals surface area contributed by atoms with Crippen LogP contribution in [0.4, 0.5) is 0 Å². The number of carbonyl (C=O) groups is 1. The maximum absolute atomic E-state index is 13.7. The molecule has 6 aromatic rings. The van der Waals surface area contributed by atoms with E-state index in [1.165, 1.54) is 11.7 Å². The molecule has 0 radical (unpaired) electrons. The van der Waals surface area contributed by atoms with Crippen molar-refractivity contribution in [2.75, 3.05) is 20.8 Å². The summed E-state index contributed by atoms with van der Waals surface area (Å²) in [5.74, 6) is 1.44. The third-order valence-corrected chi connectivity index (χ3v) is 7.64. The van der Waals surface area contributed by atoms with Crippen molar-refractivity contribution in [3.8, 4) is 28.4 Å². The van der Waals surface area contributed by atoms with Crippen LogP contribution >= 0.6 is 11.7 Å². The molecule has 4 aromatic carbocycles. The summed E-state index contributed by atoms with van der Waals surface area (Å²) in [5, 5.41) is 0.883. The molecular formula is C33H29N3O5S. The zero-order valence-electron chi connectivity index (χ0n) is 23.5. The zero-order chi connectivity index (χ0) is 29.1. The predicted octanol–water partition coefficient (Wildman–Crippen LogP) is 7.13. The number of benzene rings is 4. The number of nitrogens with zero attached hydrogens (tertiary/aromatic N) is 3. The van der Waals surface area contributed by atoms with Crippen LogP contribution in [0, 0.1) is 0 Å². The second-order valence-electron chi connectivity index (χ2n) is 9.64. The van der Waals surface area contributed by atoms with Crippen LogP contribution in [0.3, 0.4) is 0 Å². The van der Waals surface area contributed by atoms with Crippen molar-refractivity contribution in [2.24, 2.45) is 0 Å². The highest BCUT2D eigenvalue weighted by Gasteiger charge is 2.26. The average molecular weight is 580 g/mol. The minimum atomic E-state index is -0.415. The minimum absolute atomic E-state index is 0.244. The number of hydrogen-bond acceptors (Lipinski definition) is 8. The maximum Gasteiger partial charge on any atom is 0.355 e. The lowest BCUT2D eigenvalue weighted by molar-refractivity contribution is 0.0516. The van der Waals surface area contributed by atoms with Gasteiger partial charge in [0.2, 0.25) is 0 Å². The Bertz CT molecular complexity index is 1880. The van der Waals surface area contributed by atoms with Gasteiger partial charge in [-0.2, -0.15) is 8.75 Å². The summed E-state index contributed by atoms with van der Waals surface area (Å²) in [5.41, 5.74) is 6.53. The van der Waals surface area contributed by atoms with Crippen LogP contribution in [-0.4, -0.2) is 40.1 Å². The van der Waals surface area contributed by atoms with Gasteiger partial charge in [0.15, 0.2) is 11.5 Å². The highest BCUT2D eigenvalue weighted by molar-refractivity contribution is 7.00. The lowest BCUT2D eigenvalue weighted by atomic mass is 10.0. The maximum atomic E-state index is 13.7. The van der Waals surface area contributed by atoms with Crippen LogP contribution in [0.1, 0.15) is 28.5 Å². The number of methoxy groups -OCH3 is 2. The summed E-state index contributed by atoms with van der Waals surface area (Å²) in [6.07, 6.45) is 0. The van der Waals surface area contributed by atoms with Gasteiger partial charge in [0, 0.05) is 23.6 Å². The van der Waals surface area contributed by atoms with Gasteiger partial charge in [-0.25, -0.2) is 4.79 Å². The second-order valence-corrected chi connectivity index (χ2v) is 10.2. The highest BCUT2D eigenvalue weighted by atomic mass is 32.1. The Balaban J connectivity index is 1.55. The van der Waals surface area contributed by atoms with Gasteiger partial charge < -0.3 is 23.5 Å². The molecule has 2 heterocycles. The Hall–Kier alpha value is -4.89. The van der Waals surface area contributed by atoms with Gasteiger partial charge in [-0.05, 0) is 60.0 Å². The van der Waals surface area contributed by atoms with Crippen LogP contribution < -0.4 is 14.2 Å². The van der Waals surface area contributed by atoms with Gasteiger partial charge in [-0.1, -0.05) is 42.5 Å². The average Bonchev–Trinajstić information content (AvgIpc) is 3.62. The highest BCUT2D eigenvalue weighted by Crippen LogP contribution is 2.41. The van der Waals surface area contributed by atoms with Crippen molar-refractivity contribution in [1.29, 1.82) is 0 Å². The molecule has 212 valence electrons. The Morgan fingerprint density at radius 1 is 0.833 bits per heavy atom. The molecule has 6 rings (SSSR count). The first kappa shape index (κ1) is 27.3. The van der Waals surface area contributed by atoms with Crippen LogP contribution in [0.25, 0.3) is 33.1 Å². The molecule has 0 unspecified atom stereocenters. The number of rotatable bonds is 10. The normalized spacial score (nSPS) is 11.1. The molecular weight excluding hydrogens is 550 g/mol. The van der Waals surface area contributed by atoms with E-state index in [4.69, 9.17) is 18.9 Å². The van der Waals surface area contributed by atoms with E-state index in [-0.39, 0.29) is 6.61 Å². The fourth-order valence-corrected chi connectivity index (χ4v) is 5.65. The van der Waals surface area contributed by atoms with Crippen LogP contribution in [-0.2, 0) is 17.9 Å². The third-order valence-electron chi connectivity index (χ3n) is 7.08. The van der Waals surface area contributed by atoms with Gasteiger partial charge >= 0.3 is 5.97 Å². The molecule has 9 heteroatoms. The van der Waals surface area contributed by atoms with E-state index < -0.39 is 5.97 Å². The van der Waals surface area contributed by atoms with E-state index in [9.17, 15) is 4.79 Å². The molecule has 0 aliphatic carbocycles. The SMILES string of the molecule is CCOC(=O)c1c(-c2ccc(OC)c(OC)c2)c2ccc(OCc3ccccc3)cc2n1Cc1ccc2nsnc2c1. The zero-order valence-corrected chi connectivity index (χ0v) is 24.3. The molecule has 0 bridgehead atoms. The molecule has 0 saturated heterocycles. The lowest BCUT2D eigenvalue weighted by Gasteiger charge is -2.13. The van der Waals surface area contributed by atoms with E-state index in [2.05, 4.69) is 8.75 Å². The van der Waals surface area contributed by atoms with Crippen LogP contribution in [0.15, 0.2) is 84.9 Å². The summed E-state index contributed by atoms with van der Waals surface area (Å²) in [6, 6.07) is 27.5. The molecule has 0 atom stereocenters. The van der Waals surface area contributed by atoms with Gasteiger partial charge in [0.05, 0.1) is 38.1 Å². The van der Waals surface area contributed by atoms with Crippen molar-refractivity contribution in [1.82, 2.24) is 13.3 Å². The van der Waals surface area contributed by atoms with E-state index in [0.29, 0.717) is 36.1 Å². The Labute approximate surface area is 247 Å². The fourth-order valence-electron chi connectivity index (χ4n) is 5.13. The standard InChI is InChI=1S/C33H29N3O5S/c1-4-40-33(37)32-31(23-11-15-29(38-2)30(17-23)39-3)25-13-12-24(41-20-21-8-6-5-7-9-21)18-28(25)36(32)19-22-10-14-26-27(16-22)35-42-34-26/h5-18H,4,19-20H2,1-3H3. The number of ether oxygens (including phenoxy) is 4. The van der Waals surface area contributed by atoms with Crippen LogP contribution in [0.2, 0.25) is 0 Å². The van der Waals surface area contributed by atoms with Crippen LogP contribution in [0.5, 0.6) is 17.2 Å². The number of hydrogen-bond donors (Lipinski definition) is 0.